The van der Waals surface area contributed by atoms with E-state index in [1.54, 1.807) is 18.2 Å². The number of rotatable bonds is 3. The smallest absolute Gasteiger partial charge is 0.416 e. The quantitative estimate of drug-likeness (QED) is 0.483. The Morgan fingerprint density at radius 3 is 2.33 bits per heavy atom. The number of hydrogen-bond donors (Lipinski definition) is 2. The maximum atomic E-state index is 13.0. The van der Waals surface area contributed by atoms with Crippen molar-refractivity contribution in [3.8, 4) is 17.0 Å². The van der Waals surface area contributed by atoms with Crippen molar-refractivity contribution in [1.29, 1.82) is 0 Å². The molecule has 1 aromatic heterocycles. The molecule has 0 fully saturated rings. The van der Waals surface area contributed by atoms with Crippen LogP contribution in [0.15, 0.2) is 41.8 Å². The van der Waals surface area contributed by atoms with Crippen LogP contribution >= 0.6 is 11.3 Å². The minimum Gasteiger partial charge on any atom is -0.482 e. The number of aromatic nitrogens is 1. The molecule has 0 saturated heterocycles. The molecular weight excluding hydrogens is 476 g/mol. The molecule has 33 heavy (non-hydrogen) atoms. The van der Waals surface area contributed by atoms with Crippen LogP contribution in [-0.4, -0.2) is 23.4 Å². The number of benzene rings is 2. The summed E-state index contributed by atoms with van der Waals surface area (Å²) in [5.74, 6) is -1.07. The van der Waals surface area contributed by atoms with Crippen molar-refractivity contribution in [3.05, 3.63) is 58.5 Å². The molecule has 0 radical (unpaired) electrons. The number of halogens is 6. The van der Waals surface area contributed by atoms with Crippen LogP contribution in [0.4, 0.5) is 37.2 Å². The van der Waals surface area contributed by atoms with Gasteiger partial charge in [0.05, 0.1) is 22.5 Å². The standard InChI is InChI=1S/C20H11F6N3O3S/c21-19(22,23)11-3-10(4-12(6-11)20(24,25)26)17(31)29-18-28-14(8-33-18)9-1-2-15-13(5-9)27-16(30)7-32-15/h1-6,8H,7H2,(H,27,30)(H,28,29,31). The zero-order valence-electron chi connectivity index (χ0n) is 16.1. The Balaban J connectivity index is 1.58. The van der Waals surface area contributed by atoms with Crippen molar-refractivity contribution >= 4 is 34.0 Å². The number of anilines is 2. The highest BCUT2D eigenvalue weighted by Gasteiger charge is 2.37. The highest BCUT2D eigenvalue weighted by molar-refractivity contribution is 7.14. The molecule has 172 valence electrons. The summed E-state index contributed by atoms with van der Waals surface area (Å²) in [4.78, 5) is 28.0. The topological polar surface area (TPSA) is 80.3 Å². The van der Waals surface area contributed by atoms with Crippen molar-refractivity contribution in [2.75, 3.05) is 17.2 Å². The summed E-state index contributed by atoms with van der Waals surface area (Å²) in [6, 6.07) is 5.44. The third-order valence-corrected chi connectivity index (χ3v) is 5.24. The summed E-state index contributed by atoms with van der Waals surface area (Å²) in [6.07, 6.45) is -10.1. The molecule has 6 nitrogen and oxygen atoms in total. The maximum absolute atomic E-state index is 13.0. The minimum atomic E-state index is -5.07. The van der Waals surface area contributed by atoms with E-state index in [9.17, 15) is 35.9 Å². The number of amides is 2. The third-order valence-electron chi connectivity index (χ3n) is 4.48. The second-order valence-electron chi connectivity index (χ2n) is 6.83. The number of ether oxygens (including phenoxy) is 1. The van der Waals surface area contributed by atoms with Gasteiger partial charge in [-0.2, -0.15) is 26.3 Å². The molecule has 2 N–H and O–H groups in total. The summed E-state index contributed by atoms with van der Waals surface area (Å²) in [7, 11) is 0. The van der Waals surface area contributed by atoms with E-state index in [2.05, 4.69) is 15.6 Å². The Bertz CT molecular complexity index is 1220. The molecule has 0 atom stereocenters. The van der Waals surface area contributed by atoms with Crippen molar-refractivity contribution in [2.45, 2.75) is 12.4 Å². The average Bonchev–Trinajstić information content (AvgIpc) is 3.20. The van der Waals surface area contributed by atoms with Crippen LogP contribution in [0.3, 0.4) is 0 Å². The monoisotopic (exact) mass is 487 g/mol. The fraction of sp³-hybridized carbons (Fsp3) is 0.150. The van der Waals surface area contributed by atoms with Gasteiger partial charge in [-0.05, 0) is 36.4 Å². The highest BCUT2D eigenvalue weighted by atomic mass is 32.1. The molecule has 2 aromatic carbocycles. The molecular formula is C20H11F6N3O3S. The van der Waals surface area contributed by atoms with E-state index in [1.807, 2.05) is 0 Å². The maximum Gasteiger partial charge on any atom is 0.416 e. The van der Waals surface area contributed by atoms with E-state index in [-0.39, 0.29) is 23.7 Å². The number of fused-ring (bicyclic) bond motifs is 1. The average molecular weight is 487 g/mol. The largest absolute Gasteiger partial charge is 0.482 e. The predicted molar refractivity (Wildman–Crippen MR) is 106 cm³/mol. The molecule has 0 bridgehead atoms. The molecule has 13 heteroatoms. The van der Waals surface area contributed by atoms with Crippen LogP contribution < -0.4 is 15.4 Å². The van der Waals surface area contributed by atoms with Gasteiger partial charge in [0, 0.05) is 16.5 Å². The number of thiazole rings is 1. The van der Waals surface area contributed by atoms with Gasteiger partial charge >= 0.3 is 12.4 Å². The van der Waals surface area contributed by atoms with E-state index in [4.69, 9.17) is 4.74 Å². The number of carbonyl (C=O) groups excluding carboxylic acids is 2. The first-order valence-corrected chi connectivity index (χ1v) is 9.91. The lowest BCUT2D eigenvalue weighted by atomic mass is 10.0. The molecule has 3 aromatic rings. The van der Waals surface area contributed by atoms with Gasteiger partial charge in [0.25, 0.3) is 11.8 Å². The van der Waals surface area contributed by atoms with Crippen LogP contribution in [0, 0.1) is 0 Å². The van der Waals surface area contributed by atoms with Crippen LogP contribution in [0.2, 0.25) is 0 Å². The first kappa shape index (κ1) is 22.6. The van der Waals surface area contributed by atoms with Gasteiger partial charge in [-0.25, -0.2) is 4.98 Å². The Kier molecular flexibility index (Phi) is 5.52. The SMILES string of the molecule is O=C1COc2ccc(-c3csc(NC(=O)c4cc(C(F)(F)F)cc(C(F)(F)F)c4)n3)cc2N1. The number of nitrogens with one attached hydrogen (secondary N) is 2. The Hall–Kier alpha value is -3.61. The second kappa shape index (κ2) is 8.06. The van der Waals surface area contributed by atoms with Crippen molar-refractivity contribution < 1.29 is 40.7 Å². The van der Waals surface area contributed by atoms with Crippen LogP contribution in [0.5, 0.6) is 5.75 Å². The number of carbonyl (C=O) groups is 2. The Morgan fingerprint density at radius 1 is 1.03 bits per heavy atom. The van der Waals surface area contributed by atoms with Crippen LogP contribution in [-0.2, 0) is 17.1 Å². The lowest BCUT2D eigenvalue weighted by molar-refractivity contribution is -0.143. The van der Waals surface area contributed by atoms with Crippen LogP contribution in [0.25, 0.3) is 11.3 Å². The number of hydrogen-bond acceptors (Lipinski definition) is 5. The van der Waals surface area contributed by atoms with Gasteiger partial charge in [0.2, 0.25) is 0 Å². The first-order valence-electron chi connectivity index (χ1n) is 9.03. The molecule has 2 heterocycles. The van der Waals surface area contributed by atoms with Gasteiger partial charge in [-0.1, -0.05) is 0 Å². The van der Waals surface area contributed by atoms with Crippen molar-refractivity contribution in [2.24, 2.45) is 0 Å². The lowest BCUT2D eigenvalue weighted by Gasteiger charge is -2.18. The van der Waals surface area contributed by atoms with E-state index < -0.39 is 35.0 Å². The second-order valence-corrected chi connectivity index (χ2v) is 7.69. The van der Waals surface area contributed by atoms with Gasteiger partial charge < -0.3 is 10.1 Å². The van der Waals surface area contributed by atoms with Crippen LogP contribution in [0.1, 0.15) is 21.5 Å². The van der Waals surface area contributed by atoms with E-state index in [1.165, 1.54) is 5.38 Å². The molecule has 1 aliphatic rings. The molecule has 0 aliphatic carbocycles. The fourth-order valence-electron chi connectivity index (χ4n) is 2.96. The van der Waals surface area contributed by atoms with Gasteiger partial charge in [-0.3, -0.25) is 14.9 Å². The molecule has 0 spiro atoms. The Morgan fingerprint density at radius 2 is 1.70 bits per heavy atom. The van der Waals surface area contributed by atoms with Crippen molar-refractivity contribution in [1.82, 2.24) is 4.98 Å². The van der Waals surface area contributed by atoms with E-state index >= 15 is 0 Å². The van der Waals surface area contributed by atoms with E-state index in [0.717, 1.165) is 11.3 Å². The molecule has 2 amide bonds. The summed E-state index contributed by atoms with van der Waals surface area (Å²) < 4.78 is 83.4. The third kappa shape index (κ3) is 4.92. The summed E-state index contributed by atoms with van der Waals surface area (Å²) in [6.45, 7) is -0.120. The zero-order valence-corrected chi connectivity index (χ0v) is 16.9. The van der Waals surface area contributed by atoms with E-state index in [0.29, 0.717) is 34.8 Å². The zero-order chi connectivity index (χ0) is 24.0. The molecule has 0 unspecified atom stereocenters. The lowest BCUT2D eigenvalue weighted by Crippen LogP contribution is -2.25. The number of nitrogens with zero attached hydrogens (tertiary/aromatic N) is 1. The molecule has 4 rings (SSSR count). The first-order chi connectivity index (χ1) is 15.4. The van der Waals surface area contributed by atoms with Gasteiger partial charge in [0.15, 0.2) is 11.7 Å². The van der Waals surface area contributed by atoms with Crippen molar-refractivity contribution in [3.63, 3.8) is 0 Å². The number of alkyl halides is 6. The fourth-order valence-corrected chi connectivity index (χ4v) is 3.68. The summed E-state index contributed by atoms with van der Waals surface area (Å²) in [5, 5.41) is 6.32. The Labute approximate surface area is 185 Å². The molecule has 0 saturated carbocycles. The highest BCUT2D eigenvalue weighted by Crippen LogP contribution is 2.37. The van der Waals surface area contributed by atoms with Gasteiger partial charge in [-0.15, -0.1) is 11.3 Å². The molecule has 1 aliphatic heterocycles. The minimum absolute atomic E-state index is 0.0426. The predicted octanol–water partition coefficient (Wildman–Crippen LogP) is 5.43. The summed E-state index contributed by atoms with van der Waals surface area (Å²) in [5.41, 5.74) is -2.71. The summed E-state index contributed by atoms with van der Waals surface area (Å²) >= 11 is 0.919. The van der Waals surface area contributed by atoms with Gasteiger partial charge in [0.1, 0.15) is 5.75 Å². The normalized spacial score (nSPS) is 13.7.